The lowest BCUT2D eigenvalue weighted by atomic mass is 9.85. The average Bonchev–Trinajstić information content (AvgIpc) is 2.67. The normalized spacial score (nSPS) is 18.9. The van der Waals surface area contributed by atoms with E-state index in [2.05, 4.69) is 5.32 Å². The molecule has 4 nitrogen and oxygen atoms in total. The van der Waals surface area contributed by atoms with Gasteiger partial charge in [0.2, 0.25) is 5.91 Å². The molecule has 1 saturated carbocycles. The van der Waals surface area contributed by atoms with Crippen LogP contribution in [0.5, 0.6) is 0 Å². The van der Waals surface area contributed by atoms with Gasteiger partial charge >= 0.3 is 0 Å². The SMILES string of the molecule is N#CCCNC(=O)C1(CN)CCCC1. The first kappa shape index (κ1) is 11.0. The molecule has 1 fully saturated rings. The summed E-state index contributed by atoms with van der Waals surface area (Å²) in [6, 6.07) is 2.00. The Morgan fingerprint density at radius 3 is 2.64 bits per heavy atom. The number of nitrogens with zero attached hydrogens (tertiary/aromatic N) is 1. The molecule has 1 amide bonds. The minimum atomic E-state index is -0.338. The molecule has 0 aliphatic heterocycles. The van der Waals surface area contributed by atoms with E-state index in [4.69, 9.17) is 11.0 Å². The van der Waals surface area contributed by atoms with E-state index in [1.165, 1.54) is 0 Å². The number of rotatable bonds is 4. The van der Waals surface area contributed by atoms with Crippen molar-refractivity contribution in [3.05, 3.63) is 0 Å². The summed E-state index contributed by atoms with van der Waals surface area (Å²) in [5.41, 5.74) is 5.31. The number of nitriles is 1. The van der Waals surface area contributed by atoms with Crippen LogP contribution in [0.25, 0.3) is 0 Å². The zero-order valence-electron chi connectivity index (χ0n) is 8.38. The number of amides is 1. The van der Waals surface area contributed by atoms with Crippen molar-refractivity contribution in [1.29, 1.82) is 5.26 Å². The van der Waals surface area contributed by atoms with E-state index in [-0.39, 0.29) is 11.3 Å². The summed E-state index contributed by atoms with van der Waals surface area (Å²) in [5.74, 6) is 0.0350. The van der Waals surface area contributed by atoms with Crippen molar-refractivity contribution in [1.82, 2.24) is 5.32 Å². The second-order valence-electron chi connectivity index (χ2n) is 3.86. The van der Waals surface area contributed by atoms with Crippen LogP contribution in [0.1, 0.15) is 32.1 Å². The smallest absolute Gasteiger partial charge is 0.227 e. The van der Waals surface area contributed by atoms with Gasteiger partial charge in [0.05, 0.1) is 17.9 Å². The number of hydrogen-bond acceptors (Lipinski definition) is 3. The van der Waals surface area contributed by atoms with Crippen LogP contribution in [-0.4, -0.2) is 19.0 Å². The van der Waals surface area contributed by atoms with Crippen molar-refractivity contribution in [2.24, 2.45) is 11.1 Å². The molecule has 0 aromatic carbocycles. The Labute approximate surface area is 84.5 Å². The van der Waals surface area contributed by atoms with E-state index in [9.17, 15) is 4.79 Å². The van der Waals surface area contributed by atoms with E-state index in [1.54, 1.807) is 0 Å². The van der Waals surface area contributed by atoms with E-state index in [0.717, 1.165) is 25.7 Å². The van der Waals surface area contributed by atoms with Gasteiger partial charge in [0.1, 0.15) is 0 Å². The zero-order chi connectivity index (χ0) is 10.4. The van der Waals surface area contributed by atoms with Gasteiger partial charge in [-0.05, 0) is 12.8 Å². The first-order chi connectivity index (χ1) is 6.75. The minimum absolute atomic E-state index is 0.0350. The molecule has 78 valence electrons. The van der Waals surface area contributed by atoms with Crippen LogP contribution in [0.3, 0.4) is 0 Å². The lowest BCUT2D eigenvalue weighted by Crippen LogP contribution is -2.44. The first-order valence-corrected chi connectivity index (χ1v) is 5.10. The summed E-state index contributed by atoms with van der Waals surface area (Å²) in [4.78, 5) is 11.8. The van der Waals surface area contributed by atoms with Crippen LogP contribution in [0.4, 0.5) is 0 Å². The van der Waals surface area contributed by atoms with Gasteiger partial charge in [-0.2, -0.15) is 5.26 Å². The molecule has 1 aliphatic rings. The van der Waals surface area contributed by atoms with Crippen LogP contribution >= 0.6 is 0 Å². The Morgan fingerprint density at radius 1 is 1.50 bits per heavy atom. The summed E-state index contributed by atoms with van der Waals surface area (Å²) in [6.45, 7) is 0.864. The number of hydrogen-bond donors (Lipinski definition) is 2. The van der Waals surface area contributed by atoms with Crippen LogP contribution in [0, 0.1) is 16.7 Å². The van der Waals surface area contributed by atoms with Gasteiger partial charge in [-0.3, -0.25) is 4.79 Å². The van der Waals surface area contributed by atoms with Crippen molar-refractivity contribution >= 4 is 5.91 Å². The molecular formula is C10H17N3O. The fourth-order valence-corrected chi connectivity index (χ4v) is 2.00. The molecule has 3 N–H and O–H groups in total. The van der Waals surface area contributed by atoms with Crippen molar-refractivity contribution in [2.75, 3.05) is 13.1 Å². The molecule has 14 heavy (non-hydrogen) atoms. The fraction of sp³-hybridized carbons (Fsp3) is 0.800. The maximum absolute atomic E-state index is 11.8. The van der Waals surface area contributed by atoms with Crippen LogP contribution in [0.2, 0.25) is 0 Å². The summed E-state index contributed by atoms with van der Waals surface area (Å²) in [6.07, 6.45) is 4.32. The standard InChI is InChI=1S/C10H17N3O/c11-6-3-7-13-9(14)10(8-12)4-1-2-5-10/h1-5,7-8,12H2,(H,13,14). The molecule has 0 saturated heterocycles. The van der Waals surface area contributed by atoms with E-state index >= 15 is 0 Å². The fourth-order valence-electron chi connectivity index (χ4n) is 2.00. The van der Waals surface area contributed by atoms with Crippen LogP contribution in [-0.2, 0) is 4.79 Å². The lowest BCUT2D eigenvalue weighted by molar-refractivity contribution is -0.130. The highest BCUT2D eigenvalue weighted by molar-refractivity contribution is 5.83. The molecular weight excluding hydrogens is 178 g/mol. The summed E-state index contributed by atoms with van der Waals surface area (Å²) < 4.78 is 0. The third-order valence-corrected chi connectivity index (χ3v) is 2.96. The monoisotopic (exact) mass is 195 g/mol. The van der Waals surface area contributed by atoms with Crippen LogP contribution < -0.4 is 11.1 Å². The van der Waals surface area contributed by atoms with Gasteiger partial charge in [-0.1, -0.05) is 12.8 Å². The van der Waals surface area contributed by atoms with Gasteiger partial charge in [0, 0.05) is 13.1 Å². The zero-order valence-corrected chi connectivity index (χ0v) is 8.38. The Morgan fingerprint density at radius 2 is 2.14 bits per heavy atom. The summed E-state index contributed by atoms with van der Waals surface area (Å²) >= 11 is 0. The quantitative estimate of drug-likeness (QED) is 0.642. The van der Waals surface area contributed by atoms with E-state index in [0.29, 0.717) is 19.5 Å². The lowest BCUT2D eigenvalue weighted by Gasteiger charge is -2.25. The van der Waals surface area contributed by atoms with Gasteiger partial charge < -0.3 is 11.1 Å². The molecule has 0 spiro atoms. The number of nitrogens with two attached hydrogens (primary N) is 1. The van der Waals surface area contributed by atoms with E-state index < -0.39 is 0 Å². The Hall–Kier alpha value is -1.08. The molecule has 0 radical (unpaired) electrons. The Balaban J connectivity index is 2.44. The Kier molecular flexibility index (Phi) is 3.90. The second kappa shape index (κ2) is 4.97. The average molecular weight is 195 g/mol. The highest BCUT2D eigenvalue weighted by atomic mass is 16.2. The highest BCUT2D eigenvalue weighted by Gasteiger charge is 2.39. The third kappa shape index (κ3) is 2.24. The number of carbonyl (C=O) groups excluding carboxylic acids is 1. The largest absolute Gasteiger partial charge is 0.355 e. The predicted octanol–water partition coefficient (Wildman–Crippen LogP) is 0.535. The minimum Gasteiger partial charge on any atom is -0.355 e. The molecule has 0 bridgehead atoms. The second-order valence-corrected chi connectivity index (χ2v) is 3.86. The van der Waals surface area contributed by atoms with Crippen molar-refractivity contribution in [3.63, 3.8) is 0 Å². The van der Waals surface area contributed by atoms with Gasteiger partial charge in [-0.15, -0.1) is 0 Å². The summed E-state index contributed by atoms with van der Waals surface area (Å²) in [7, 11) is 0. The highest BCUT2D eigenvalue weighted by Crippen LogP contribution is 2.37. The molecule has 0 aromatic rings. The molecule has 0 atom stereocenters. The van der Waals surface area contributed by atoms with Gasteiger partial charge in [-0.25, -0.2) is 0 Å². The number of carbonyl (C=O) groups is 1. The van der Waals surface area contributed by atoms with E-state index in [1.807, 2.05) is 6.07 Å². The van der Waals surface area contributed by atoms with Crippen molar-refractivity contribution in [3.8, 4) is 6.07 Å². The Bertz CT molecular complexity index is 238. The van der Waals surface area contributed by atoms with Crippen molar-refractivity contribution < 1.29 is 4.79 Å². The van der Waals surface area contributed by atoms with Gasteiger partial charge in [0.25, 0.3) is 0 Å². The maximum atomic E-state index is 11.8. The topological polar surface area (TPSA) is 78.9 Å². The molecule has 0 aromatic heterocycles. The summed E-state index contributed by atoms with van der Waals surface area (Å²) in [5, 5.41) is 11.1. The molecule has 0 unspecified atom stereocenters. The molecule has 1 rings (SSSR count). The first-order valence-electron chi connectivity index (χ1n) is 5.10. The third-order valence-electron chi connectivity index (χ3n) is 2.96. The van der Waals surface area contributed by atoms with Gasteiger partial charge in [0.15, 0.2) is 0 Å². The molecule has 4 heteroatoms. The van der Waals surface area contributed by atoms with Crippen LogP contribution in [0.15, 0.2) is 0 Å². The maximum Gasteiger partial charge on any atom is 0.227 e. The predicted molar refractivity (Wildman–Crippen MR) is 53.2 cm³/mol. The molecule has 0 heterocycles. The molecule has 1 aliphatic carbocycles. The number of nitrogens with one attached hydrogen (secondary N) is 1. The van der Waals surface area contributed by atoms with Crippen molar-refractivity contribution in [2.45, 2.75) is 32.1 Å².